The average molecular weight is 255 g/mol. The van der Waals surface area contributed by atoms with Crippen LogP contribution in [0.1, 0.15) is 46.0 Å². The van der Waals surface area contributed by atoms with Gasteiger partial charge in [0.15, 0.2) is 0 Å². The lowest BCUT2D eigenvalue weighted by Gasteiger charge is -2.30. The Morgan fingerprint density at radius 3 is 2.78 bits per heavy atom. The first-order valence-electron chi connectivity index (χ1n) is 7.17. The van der Waals surface area contributed by atoms with Gasteiger partial charge in [0.1, 0.15) is 0 Å². The summed E-state index contributed by atoms with van der Waals surface area (Å²) in [5, 5.41) is 0. The van der Waals surface area contributed by atoms with Gasteiger partial charge in [-0.15, -0.1) is 0 Å². The summed E-state index contributed by atoms with van der Waals surface area (Å²) < 4.78 is 0. The van der Waals surface area contributed by atoms with Crippen molar-refractivity contribution in [2.75, 3.05) is 20.1 Å². The van der Waals surface area contributed by atoms with Crippen molar-refractivity contribution in [2.45, 2.75) is 51.5 Å². The molecule has 0 aromatic rings. The van der Waals surface area contributed by atoms with Crippen LogP contribution in [0.15, 0.2) is 0 Å². The third-order valence-corrected chi connectivity index (χ3v) is 4.51. The van der Waals surface area contributed by atoms with Crippen molar-refractivity contribution in [1.82, 2.24) is 4.90 Å². The van der Waals surface area contributed by atoms with Crippen LogP contribution in [0, 0.1) is 11.8 Å². The van der Waals surface area contributed by atoms with E-state index in [-0.39, 0.29) is 11.8 Å². The number of nitrogens with two attached hydrogens (primary N) is 2. The van der Waals surface area contributed by atoms with Crippen LogP contribution in [0.2, 0.25) is 0 Å². The molecule has 0 aromatic carbocycles. The number of rotatable bonds is 7. The predicted molar refractivity (Wildman–Crippen MR) is 75.0 cm³/mol. The second-order valence-electron chi connectivity index (χ2n) is 6.06. The standard InChI is InChI=1S/C14H29N3O/c1-4-11(2)10-17(3)9-7-12-6-5-8-14(12,16)13(15)18/h11-12H,4-10,16H2,1-3H3,(H2,15,18). The zero-order chi connectivity index (χ0) is 13.8. The lowest BCUT2D eigenvalue weighted by Crippen LogP contribution is -2.55. The molecule has 1 fully saturated rings. The maximum Gasteiger partial charge on any atom is 0.237 e. The fourth-order valence-electron chi connectivity index (χ4n) is 2.96. The van der Waals surface area contributed by atoms with E-state index in [1.807, 2.05) is 0 Å². The number of hydrogen-bond acceptors (Lipinski definition) is 3. The van der Waals surface area contributed by atoms with Crippen LogP contribution in [-0.2, 0) is 4.79 Å². The van der Waals surface area contributed by atoms with E-state index in [2.05, 4.69) is 25.8 Å². The van der Waals surface area contributed by atoms with E-state index >= 15 is 0 Å². The van der Waals surface area contributed by atoms with E-state index in [0.717, 1.165) is 44.7 Å². The number of carbonyl (C=O) groups excluding carboxylic acids is 1. The Morgan fingerprint density at radius 1 is 1.56 bits per heavy atom. The summed E-state index contributed by atoms with van der Waals surface area (Å²) in [7, 11) is 2.14. The van der Waals surface area contributed by atoms with Crippen molar-refractivity contribution in [3.8, 4) is 0 Å². The molecule has 4 heteroatoms. The molecule has 1 amide bonds. The number of hydrogen-bond donors (Lipinski definition) is 2. The average Bonchev–Trinajstić information content (AvgIpc) is 2.69. The zero-order valence-corrected chi connectivity index (χ0v) is 12.1. The molecule has 0 aromatic heterocycles. The monoisotopic (exact) mass is 255 g/mol. The lowest BCUT2D eigenvalue weighted by atomic mass is 9.85. The first-order valence-corrected chi connectivity index (χ1v) is 7.17. The molecule has 18 heavy (non-hydrogen) atoms. The molecule has 0 radical (unpaired) electrons. The number of amides is 1. The quantitative estimate of drug-likeness (QED) is 0.721. The Kier molecular flexibility index (Phi) is 5.60. The molecule has 3 atom stereocenters. The Morgan fingerprint density at radius 2 is 2.22 bits per heavy atom. The molecular weight excluding hydrogens is 226 g/mol. The first-order chi connectivity index (χ1) is 8.40. The van der Waals surface area contributed by atoms with Crippen LogP contribution in [0.3, 0.4) is 0 Å². The minimum atomic E-state index is -0.753. The normalized spacial score (nSPS) is 29.7. The van der Waals surface area contributed by atoms with E-state index in [1.54, 1.807) is 0 Å². The maximum atomic E-state index is 11.5. The van der Waals surface area contributed by atoms with Gasteiger partial charge >= 0.3 is 0 Å². The highest BCUT2D eigenvalue weighted by Gasteiger charge is 2.43. The maximum absolute atomic E-state index is 11.5. The van der Waals surface area contributed by atoms with E-state index in [1.165, 1.54) is 6.42 Å². The van der Waals surface area contributed by atoms with Gasteiger partial charge in [0.2, 0.25) is 5.91 Å². The van der Waals surface area contributed by atoms with Crippen molar-refractivity contribution in [3.63, 3.8) is 0 Å². The van der Waals surface area contributed by atoms with Crippen LogP contribution in [-0.4, -0.2) is 36.5 Å². The van der Waals surface area contributed by atoms with Crippen LogP contribution in [0.4, 0.5) is 0 Å². The molecule has 4 nitrogen and oxygen atoms in total. The molecule has 0 spiro atoms. The van der Waals surface area contributed by atoms with Gasteiger partial charge in [0.05, 0.1) is 5.54 Å². The van der Waals surface area contributed by atoms with Crippen LogP contribution < -0.4 is 11.5 Å². The van der Waals surface area contributed by atoms with Crippen molar-refractivity contribution in [3.05, 3.63) is 0 Å². The van der Waals surface area contributed by atoms with Crippen LogP contribution >= 0.6 is 0 Å². The Balaban J connectivity index is 2.41. The zero-order valence-electron chi connectivity index (χ0n) is 12.1. The molecule has 1 saturated carbocycles. The Labute approximate surface area is 111 Å². The minimum absolute atomic E-state index is 0.259. The minimum Gasteiger partial charge on any atom is -0.368 e. The fraction of sp³-hybridized carbons (Fsp3) is 0.929. The summed E-state index contributed by atoms with van der Waals surface area (Å²) in [6.07, 6.45) is 5.00. The summed E-state index contributed by atoms with van der Waals surface area (Å²) in [4.78, 5) is 13.8. The van der Waals surface area contributed by atoms with E-state index < -0.39 is 5.54 Å². The smallest absolute Gasteiger partial charge is 0.237 e. The van der Waals surface area contributed by atoms with Gasteiger partial charge < -0.3 is 16.4 Å². The van der Waals surface area contributed by atoms with Gasteiger partial charge in [0.25, 0.3) is 0 Å². The van der Waals surface area contributed by atoms with E-state index in [4.69, 9.17) is 11.5 Å². The Hall–Kier alpha value is -0.610. The van der Waals surface area contributed by atoms with Crippen molar-refractivity contribution in [2.24, 2.45) is 23.3 Å². The highest BCUT2D eigenvalue weighted by molar-refractivity contribution is 5.85. The molecule has 4 N–H and O–H groups in total. The summed E-state index contributed by atoms with van der Waals surface area (Å²) in [6, 6.07) is 0. The third-order valence-electron chi connectivity index (χ3n) is 4.51. The van der Waals surface area contributed by atoms with E-state index in [9.17, 15) is 4.79 Å². The number of nitrogens with zero attached hydrogens (tertiary/aromatic N) is 1. The van der Waals surface area contributed by atoms with Gasteiger partial charge in [-0.2, -0.15) is 0 Å². The highest BCUT2D eigenvalue weighted by Crippen LogP contribution is 2.35. The van der Waals surface area contributed by atoms with Crippen molar-refractivity contribution < 1.29 is 4.79 Å². The molecule has 0 aliphatic heterocycles. The lowest BCUT2D eigenvalue weighted by molar-refractivity contribution is -0.124. The summed E-state index contributed by atoms with van der Waals surface area (Å²) in [5.41, 5.74) is 10.9. The van der Waals surface area contributed by atoms with Gasteiger partial charge in [-0.1, -0.05) is 26.7 Å². The first kappa shape index (κ1) is 15.4. The summed E-state index contributed by atoms with van der Waals surface area (Å²) in [5.74, 6) is 0.654. The molecular formula is C14H29N3O. The number of primary amides is 1. The van der Waals surface area contributed by atoms with Crippen LogP contribution in [0.25, 0.3) is 0 Å². The highest BCUT2D eigenvalue weighted by atomic mass is 16.1. The second kappa shape index (κ2) is 6.53. The largest absolute Gasteiger partial charge is 0.368 e. The van der Waals surface area contributed by atoms with Gasteiger partial charge in [0, 0.05) is 6.54 Å². The molecule has 1 aliphatic carbocycles. The topological polar surface area (TPSA) is 72.3 Å². The Bertz CT molecular complexity index is 282. The molecule has 1 rings (SSSR count). The second-order valence-corrected chi connectivity index (χ2v) is 6.06. The molecule has 0 bridgehead atoms. The molecule has 106 valence electrons. The summed E-state index contributed by atoms with van der Waals surface area (Å²) in [6.45, 7) is 6.59. The van der Waals surface area contributed by atoms with Crippen LogP contribution in [0.5, 0.6) is 0 Å². The van der Waals surface area contributed by atoms with Gasteiger partial charge in [-0.3, -0.25) is 4.79 Å². The van der Waals surface area contributed by atoms with Gasteiger partial charge in [-0.25, -0.2) is 0 Å². The fourth-order valence-corrected chi connectivity index (χ4v) is 2.96. The van der Waals surface area contributed by atoms with E-state index in [0.29, 0.717) is 0 Å². The molecule has 0 heterocycles. The van der Waals surface area contributed by atoms with Gasteiger partial charge in [-0.05, 0) is 44.7 Å². The predicted octanol–water partition coefficient (Wildman–Crippen LogP) is 1.34. The molecule has 1 aliphatic rings. The van der Waals surface area contributed by atoms with Crippen molar-refractivity contribution >= 4 is 5.91 Å². The summed E-state index contributed by atoms with van der Waals surface area (Å²) >= 11 is 0. The SMILES string of the molecule is CCC(C)CN(C)CCC1CCCC1(N)C(N)=O. The molecule has 3 unspecified atom stereocenters. The van der Waals surface area contributed by atoms with Crippen molar-refractivity contribution in [1.29, 1.82) is 0 Å². The molecule has 0 saturated heterocycles. The third kappa shape index (κ3) is 3.69. The number of carbonyl (C=O) groups is 1.